The summed E-state index contributed by atoms with van der Waals surface area (Å²) in [6.45, 7) is 0. The number of nitrogens with zero attached hydrogens (tertiary/aromatic N) is 4. The van der Waals surface area contributed by atoms with Gasteiger partial charge in [0.15, 0.2) is 0 Å². The average molecular weight is 453 g/mol. The van der Waals surface area contributed by atoms with Gasteiger partial charge in [-0.1, -0.05) is 23.2 Å². The molecule has 0 aromatic heterocycles. The van der Waals surface area contributed by atoms with E-state index in [4.69, 9.17) is 33.2 Å². The van der Waals surface area contributed by atoms with Crippen LogP contribution in [0.5, 0.6) is 0 Å². The number of fused-ring (bicyclic) bond motifs is 4. The normalized spacial score (nSPS) is 20.2. The van der Waals surface area contributed by atoms with E-state index in [-0.39, 0.29) is 0 Å². The number of hydrogen-bond donors (Lipinski definition) is 0. The Morgan fingerprint density at radius 1 is 0.531 bits per heavy atom. The molecule has 0 amide bonds. The predicted octanol–water partition coefficient (Wildman–Crippen LogP) is 6.41. The van der Waals surface area contributed by atoms with Crippen LogP contribution < -0.4 is 0 Å². The topological polar surface area (TPSA) is 49.4 Å². The molecule has 0 saturated heterocycles. The molecule has 8 bridgehead atoms. The zero-order valence-electron chi connectivity index (χ0n) is 16.6. The molecule has 0 fully saturated rings. The van der Waals surface area contributed by atoms with Crippen molar-refractivity contribution in [1.29, 1.82) is 0 Å². The summed E-state index contributed by atoms with van der Waals surface area (Å²) in [4.78, 5) is 18.9. The molecule has 1 aromatic carbocycles. The van der Waals surface area contributed by atoms with Gasteiger partial charge in [-0.2, -0.15) is 0 Å². The molecule has 0 spiro atoms. The molecule has 6 rings (SSSR count). The van der Waals surface area contributed by atoms with Crippen molar-refractivity contribution in [3.8, 4) is 0 Å². The Labute approximate surface area is 194 Å². The summed E-state index contributed by atoms with van der Waals surface area (Å²) in [5.74, 6) is 0. The summed E-state index contributed by atoms with van der Waals surface area (Å²) < 4.78 is 0. The lowest BCUT2D eigenvalue weighted by Crippen LogP contribution is -1.97. The second-order valence-corrected chi connectivity index (χ2v) is 8.41. The molecule has 5 aliphatic rings. The van der Waals surface area contributed by atoms with Gasteiger partial charge in [0.05, 0.1) is 45.6 Å². The van der Waals surface area contributed by atoms with Crippen LogP contribution in [0.25, 0.3) is 5.57 Å². The van der Waals surface area contributed by atoms with Gasteiger partial charge in [0.25, 0.3) is 0 Å². The smallest absolute Gasteiger partial charge is 0.0738 e. The van der Waals surface area contributed by atoms with Crippen LogP contribution in [0.4, 0.5) is 0 Å². The fraction of sp³-hybridized carbons (Fsp3) is 0. The molecular weight excluding hydrogens is 439 g/mol. The summed E-state index contributed by atoms with van der Waals surface area (Å²) in [6.07, 6.45) is 21.6. The van der Waals surface area contributed by atoms with Crippen LogP contribution in [-0.2, 0) is 0 Å². The van der Waals surface area contributed by atoms with E-state index in [2.05, 4.69) is 9.98 Å². The van der Waals surface area contributed by atoms with E-state index >= 15 is 0 Å². The highest BCUT2D eigenvalue weighted by Gasteiger charge is 2.20. The third-order valence-corrected chi connectivity index (χ3v) is 5.82. The van der Waals surface area contributed by atoms with Gasteiger partial charge in [-0.05, 0) is 85.0 Å². The van der Waals surface area contributed by atoms with Gasteiger partial charge >= 0.3 is 0 Å². The van der Waals surface area contributed by atoms with Crippen molar-refractivity contribution in [1.82, 2.24) is 0 Å². The summed E-state index contributed by atoms with van der Waals surface area (Å²) in [6, 6.07) is 5.43. The molecule has 32 heavy (non-hydrogen) atoms. The van der Waals surface area contributed by atoms with Gasteiger partial charge in [-0.3, -0.25) is 0 Å². The lowest BCUT2D eigenvalue weighted by atomic mass is 10.0. The molecule has 5 heterocycles. The van der Waals surface area contributed by atoms with Gasteiger partial charge in [0, 0.05) is 21.2 Å². The van der Waals surface area contributed by atoms with Gasteiger partial charge in [-0.15, -0.1) is 0 Å². The van der Waals surface area contributed by atoms with Gasteiger partial charge in [0.1, 0.15) is 0 Å². The summed E-state index contributed by atoms with van der Waals surface area (Å²) in [7, 11) is 0. The van der Waals surface area contributed by atoms with Gasteiger partial charge in [-0.25, -0.2) is 20.0 Å². The molecule has 4 nitrogen and oxygen atoms in total. The van der Waals surface area contributed by atoms with Crippen LogP contribution in [0.2, 0.25) is 10.0 Å². The Morgan fingerprint density at radius 3 is 1.72 bits per heavy atom. The molecule has 0 radical (unpaired) electrons. The summed E-state index contributed by atoms with van der Waals surface area (Å²) in [5.41, 5.74) is 8.29. The van der Waals surface area contributed by atoms with Crippen molar-refractivity contribution >= 4 is 51.6 Å². The molecular formula is C26H14Cl2N4. The van der Waals surface area contributed by atoms with Crippen LogP contribution in [0, 0.1) is 0 Å². The molecule has 152 valence electrons. The average Bonchev–Trinajstić information content (AvgIpc) is 3.55. The summed E-state index contributed by atoms with van der Waals surface area (Å²) >= 11 is 12.8. The second-order valence-electron chi connectivity index (χ2n) is 7.57. The largest absolute Gasteiger partial charge is 0.249 e. The maximum atomic E-state index is 6.52. The number of aliphatic imine (C=N–C) groups is 4. The van der Waals surface area contributed by atoms with Crippen LogP contribution >= 0.6 is 23.2 Å². The molecule has 1 aromatic rings. The van der Waals surface area contributed by atoms with E-state index in [1.165, 1.54) is 0 Å². The lowest BCUT2D eigenvalue weighted by Gasteiger charge is -2.07. The Kier molecular flexibility index (Phi) is 4.49. The number of allylic oxidation sites excluding steroid dienone is 12. The van der Waals surface area contributed by atoms with Crippen molar-refractivity contribution in [2.24, 2.45) is 20.0 Å². The molecule has 0 unspecified atom stereocenters. The van der Waals surface area contributed by atoms with Crippen LogP contribution in [0.1, 0.15) is 5.56 Å². The van der Waals surface area contributed by atoms with Crippen LogP contribution in [0.15, 0.2) is 128 Å². The minimum absolute atomic E-state index is 0.611. The number of halogens is 2. The lowest BCUT2D eigenvalue weighted by molar-refractivity contribution is 1.41. The number of benzene rings is 1. The Hall–Kier alpha value is -3.60. The van der Waals surface area contributed by atoms with Crippen molar-refractivity contribution in [2.75, 3.05) is 0 Å². The van der Waals surface area contributed by atoms with Gasteiger partial charge < -0.3 is 0 Å². The zero-order chi connectivity index (χ0) is 21.7. The first-order chi connectivity index (χ1) is 15.6. The number of hydrogen-bond acceptors (Lipinski definition) is 4. The molecule has 5 aliphatic heterocycles. The van der Waals surface area contributed by atoms with Gasteiger partial charge in [0.2, 0.25) is 0 Å². The van der Waals surface area contributed by atoms with Crippen molar-refractivity contribution < 1.29 is 0 Å². The van der Waals surface area contributed by atoms with E-state index < -0.39 is 0 Å². The Balaban J connectivity index is 1.52. The number of rotatable bonds is 1. The Morgan fingerprint density at radius 2 is 1.09 bits per heavy atom. The van der Waals surface area contributed by atoms with Crippen molar-refractivity contribution in [2.45, 2.75) is 0 Å². The first kappa shape index (κ1) is 19.1. The van der Waals surface area contributed by atoms with Crippen LogP contribution in [0.3, 0.4) is 0 Å². The van der Waals surface area contributed by atoms with Crippen molar-refractivity contribution in [3.63, 3.8) is 0 Å². The molecule has 0 aliphatic carbocycles. The fourth-order valence-electron chi connectivity index (χ4n) is 3.82. The fourth-order valence-corrected chi connectivity index (χ4v) is 4.21. The minimum Gasteiger partial charge on any atom is -0.249 e. The van der Waals surface area contributed by atoms with E-state index in [0.717, 1.165) is 56.8 Å². The van der Waals surface area contributed by atoms with E-state index in [1.807, 2.05) is 72.9 Å². The summed E-state index contributed by atoms with van der Waals surface area (Å²) in [5, 5.41) is 1.22. The first-order valence-electron chi connectivity index (χ1n) is 10.0. The highest BCUT2D eigenvalue weighted by atomic mass is 35.5. The molecule has 0 saturated carbocycles. The van der Waals surface area contributed by atoms with Crippen LogP contribution in [-0.4, -0.2) is 22.8 Å². The third-order valence-electron chi connectivity index (χ3n) is 5.26. The molecule has 0 atom stereocenters. The Bertz CT molecular complexity index is 1460. The SMILES string of the molecule is Clc1ccc(Cl)c(C2=CC3=CC4=NC(=CC5=NC(=CC6=NC(=CC2=N3)C=C6)C=C5)C=C4)c1. The van der Waals surface area contributed by atoms with E-state index in [9.17, 15) is 0 Å². The molecule has 0 N–H and O–H groups in total. The van der Waals surface area contributed by atoms with Crippen molar-refractivity contribution in [3.05, 3.63) is 123 Å². The second kappa shape index (κ2) is 7.52. The quantitative estimate of drug-likeness (QED) is 0.472. The first-order valence-corrected chi connectivity index (χ1v) is 10.8. The predicted molar refractivity (Wildman–Crippen MR) is 134 cm³/mol. The maximum Gasteiger partial charge on any atom is 0.0738 e. The molecule has 6 heteroatoms. The van der Waals surface area contributed by atoms with E-state index in [1.54, 1.807) is 12.1 Å². The zero-order valence-corrected chi connectivity index (χ0v) is 18.1. The maximum absolute atomic E-state index is 6.52. The highest BCUT2D eigenvalue weighted by Crippen LogP contribution is 2.34. The minimum atomic E-state index is 0.611. The highest BCUT2D eigenvalue weighted by molar-refractivity contribution is 6.39. The third kappa shape index (κ3) is 3.64. The monoisotopic (exact) mass is 452 g/mol. The van der Waals surface area contributed by atoms with E-state index in [0.29, 0.717) is 10.0 Å². The standard InChI is InChI=1S/C26H14Cl2N4/c27-15-1-8-25(28)23(9-15)24-13-22-12-20-5-4-18(30-20)10-16-2-3-17(29-16)11-19-6-7-21(31-19)14-26(24)32-22/h1-14H.